The van der Waals surface area contributed by atoms with Crippen LogP contribution in [0.25, 0.3) is 0 Å². The standard InChI is InChI=1S/C22H30N2O3/c1-16-6-8-17(9-7-16)15-23-21(26)27-19-10-12-22-11-3-13-24(22)20(25)5-2-4-18(22)14-19/h6-9,18-19H,2-5,10-15H2,1H3,(H,23,26)/t18-,19-,22+/m0/s1. The second-order valence-corrected chi connectivity index (χ2v) is 8.48. The number of benzene rings is 1. The van der Waals surface area contributed by atoms with E-state index in [1.165, 1.54) is 5.56 Å². The van der Waals surface area contributed by atoms with Crippen molar-refractivity contribution in [3.63, 3.8) is 0 Å². The SMILES string of the molecule is Cc1ccc(CNC(=O)O[C@H]2CC[C@@]34CCCN3C(=O)CCC[C@H]4C2)cc1. The molecule has 2 amide bonds. The quantitative estimate of drug-likeness (QED) is 0.877. The highest BCUT2D eigenvalue weighted by molar-refractivity contribution is 5.78. The lowest BCUT2D eigenvalue weighted by Crippen LogP contribution is -2.54. The molecule has 5 nitrogen and oxygen atoms in total. The number of nitrogens with one attached hydrogen (secondary N) is 1. The lowest BCUT2D eigenvalue weighted by molar-refractivity contribution is -0.138. The third-order valence-electron chi connectivity index (χ3n) is 6.81. The summed E-state index contributed by atoms with van der Waals surface area (Å²) in [4.78, 5) is 26.9. The zero-order valence-electron chi connectivity index (χ0n) is 16.2. The molecule has 3 aliphatic rings. The summed E-state index contributed by atoms with van der Waals surface area (Å²) in [6.45, 7) is 3.45. The van der Waals surface area contributed by atoms with Crippen LogP contribution < -0.4 is 5.32 Å². The van der Waals surface area contributed by atoms with Crippen LogP contribution in [0.4, 0.5) is 4.79 Å². The molecule has 0 bridgehead atoms. The Hall–Kier alpha value is -2.04. The molecule has 146 valence electrons. The van der Waals surface area contributed by atoms with E-state index in [0.29, 0.717) is 24.8 Å². The fourth-order valence-corrected chi connectivity index (χ4v) is 5.43. The van der Waals surface area contributed by atoms with Crippen molar-refractivity contribution in [3.8, 4) is 0 Å². The number of nitrogens with zero attached hydrogens (tertiary/aromatic N) is 1. The third-order valence-corrected chi connectivity index (χ3v) is 6.81. The molecule has 5 heteroatoms. The minimum Gasteiger partial charge on any atom is -0.446 e. The summed E-state index contributed by atoms with van der Waals surface area (Å²) < 4.78 is 5.75. The van der Waals surface area contributed by atoms with Crippen LogP contribution in [0.3, 0.4) is 0 Å². The van der Waals surface area contributed by atoms with E-state index in [0.717, 1.165) is 57.1 Å². The number of ether oxygens (including phenoxy) is 1. The molecule has 1 aromatic carbocycles. The Balaban J connectivity index is 1.33. The zero-order valence-corrected chi connectivity index (χ0v) is 16.2. The molecule has 1 saturated carbocycles. The largest absolute Gasteiger partial charge is 0.446 e. The molecule has 2 heterocycles. The van der Waals surface area contributed by atoms with E-state index < -0.39 is 0 Å². The number of alkyl carbamates (subject to hydrolysis) is 1. The normalized spacial score (nSPS) is 30.3. The van der Waals surface area contributed by atoms with Gasteiger partial charge < -0.3 is 15.0 Å². The van der Waals surface area contributed by atoms with Crippen LogP contribution in [0.5, 0.6) is 0 Å². The number of carbonyl (C=O) groups excluding carboxylic acids is 2. The van der Waals surface area contributed by atoms with Gasteiger partial charge in [0.25, 0.3) is 0 Å². The van der Waals surface area contributed by atoms with Gasteiger partial charge in [0.15, 0.2) is 0 Å². The molecule has 27 heavy (non-hydrogen) atoms. The summed E-state index contributed by atoms with van der Waals surface area (Å²) >= 11 is 0. The summed E-state index contributed by atoms with van der Waals surface area (Å²) in [5.41, 5.74) is 2.33. The van der Waals surface area contributed by atoms with Gasteiger partial charge in [-0.1, -0.05) is 29.8 Å². The molecule has 0 aromatic heterocycles. The number of carbonyl (C=O) groups is 2. The predicted octanol–water partition coefficient (Wildman–Crippen LogP) is 3.94. The van der Waals surface area contributed by atoms with Gasteiger partial charge in [-0.25, -0.2) is 4.79 Å². The van der Waals surface area contributed by atoms with Crippen molar-refractivity contribution in [2.75, 3.05) is 6.54 Å². The average molecular weight is 370 g/mol. The summed E-state index contributed by atoms with van der Waals surface area (Å²) in [5.74, 6) is 0.806. The van der Waals surface area contributed by atoms with Crippen molar-refractivity contribution in [2.45, 2.75) is 76.5 Å². The van der Waals surface area contributed by atoms with Gasteiger partial charge in [0.1, 0.15) is 6.10 Å². The second-order valence-electron chi connectivity index (χ2n) is 8.48. The molecule has 4 rings (SSSR count). The van der Waals surface area contributed by atoms with Gasteiger partial charge in [-0.2, -0.15) is 0 Å². The maximum atomic E-state index is 12.5. The zero-order chi connectivity index (χ0) is 18.9. The van der Waals surface area contributed by atoms with Crippen molar-refractivity contribution in [2.24, 2.45) is 5.92 Å². The van der Waals surface area contributed by atoms with E-state index in [-0.39, 0.29) is 17.7 Å². The molecule has 0 radical (unpaired) electrons. The number of hydrogen-bond acceptors (Lipinski definition) is 3. The molecule has 3 fully saturated rings. The molecule has 2 saturated heterocycles. The van der Waals surface area contributed by atoms with Gasteiger partial charge in [0.05, 0.1) is 0 Å². The minimum atomic E-state index is -0.329. The number of amides is 2. The maximum Gasteiger partial charge on any atom is 0.407 e. The van der Waals surface area contributed by atoms with Gasteiger partial charge in [-0.05, 0) is 63.4 Å². The smallest absolute Gasteiger partial charge is 0.407 e. The van der Waals surface area contributed by atoms with Crippen LogP contribution in [-0.2, 0) is 16.1 Å². The van der Waals surface area contributed by atoms with E-state index in [2.05, 4.69) is 10.2 Å². The Labute approximate surface area is 161 Å². The van der Waals surface area contributed by atoms with Crippen LogP contribution in [0.2, 0.25) is 0 Å². The number of hydrogen-bond donors (Lipinski definition) is 1. The molecule has 1 spiro atoms. The minimum absolute atomic E-state index is 0.0331. The first kappa shape index (κ1) is 18.3. The number of aryl methyl sites for hydroxylation is 1. The highest BCUT2D eigenvalue weighted by Gasteiger charge is 2.52. The van der Waals surface area contributed by atoms with E-state index in [1.54, 1.807) is 0 Å². The monoisotopic (exact) mass is 370 g/mol. The lowest BCUT2D eigenvalue weighted by Gasteiger charge is -2.48. The predicted molar refractivity (Wildman–Crippen MR) is 103 cm³/mol. The Morgan fingerprint density at radius 3 is 2.85 bits per heavy atom. The van der Waals surface area contributed by atoms with Crippen molar-refractivity contribution < 1.29 is 14.3 Å². The molecular weight excluding hydrogens is 340 g/mol. The first-order valence-corrected chi connectivity index (χ1v) is 10.4. The van der Waals surface area contributed by atoms with Crippen LogP contribution in [-0.4, -0.2) is 35.1 Å². The van der Waals surface area contributed by atoms with Gasteiger partial charge >= 0.3 is 6.09 Å². The van der Waals surface area contributed by atoms with Crippen LogP contribution >= 0.6 is 0 Å². The second kappa shape index (κ2) is 7.53. The molecule has 3 atom stereocenters. The van der Waals surface area contributed by atoms with Crippen LogP contribution in [0, 0.1) is 12.8 Å². The van der Waals surface area contributed by atoms with Crippen molar-refractivity contribution in [1.82, 2.24) is 10.2 Å². The molecule has 0 unspecified atom stereocenters. The fourth-order valence-electron chi connectivity index (χ4n) is 5.43. The molecule has 1 N–H and O–H groups in total. The van der Waals surface area contributed by atoms with Gasteiger partial charge in [-0.15, -0.1) is 0 Å². The van der Waals surface area contributed by atoms with E-state index >= 15 is 0 Å². The lowest BCUT2D eigenvalue weighted by atomic mass is 9.69. The maximum absolute atomic E-state index is 12.5. The Bertz CT molecular complexity index is 702. The van der Waals surface area contributed by atoms with Crippen LogP contribution in [0.1, 0.15) is 62.5 Å². The van der Waals surface area contributed by atoms with Crippen molar-refractivity contribution >= 4 is 12.0 Å². The Kier molecular flexibility index (Phi) is 5.11. The first-order chi connectivity index (χ1) is 13.1. The highest BCUT2D eigenvalue weighted by atomic mass is 16.6. The van der Waals surface area contributed by atoms with E-state index in [1.807, 2.05) is 31.2 Å². The summed E-state index contributed by atoms with van der Waals surface area (Å²) in [5, 5.41) is 2.88. The average Bonchev–Trinajstić information content (AvgIpc) is 3.03. The van der Waals surface area contributed by atoms with Gasteiger partial charge in [-0.3, -0.25) is 4.79 Å². The topological polar surface area (TPSA) is 58.6 Å². The van der Waals surface area contributed by atoms with Crippen molar-refractivity contribution in [3.05, 3.63) is 35.4 Å². The van der Waals surface area contributed by atoms with Gasteiger partial charge in [0.2, 0.25) is 5.91 Å². The number of rotatable bonds is 3. The molecule has 1 aromatic rings. The Morgan fingerprint density at radius 1 is 1.22 bits per heavy atom. The van der Waals surface area contributed by atoms with Crippen molar-refractivity contribution in [1.29, 1.82) is 0 Å². The van der Waals surface area contributed by atoms with E-state index in [4.69, 9.17) is 4.74 Å². The summed E-state index contributed by atoms with van der Waals surface area (Å²) in [6, 6.07) is 8.14. The first-order valence-electron chi connectivity index (χ1n) is 10.4. The molecule has 2 aliphatic heterocycles. The summed E-state index contributed by atoms with van der Waals surface area (Å²) in [6.07, 6.45) is 7.32. The molecule has 1 aliphatic carbocycles. The Morgan fingerprint density at radius 2 is 2.04 bits per heavy atom. The fraction of sp³-hybridized carbons (Fsp3) is 0.636. The van der Waals surface area contributed by atoms with E-state index in [9.17, 15) is 9.59 Å². The highest BCUT2D eigenvalue weighted by Crippen LogP contribution is 2.49. The third kappa shape index (κ3) is 3.69. The van der Waals surface area contributed by atoms with Crippen LogP contribution in [0.15, 0.2) is 24.3 Å². The summed E-state index contributed by atoms with van der Waals surface area (Å²) in [7, 11) is 0. The van der Waals surface area contributed by atoms with Gasteiger partial charge in [0, 0.05) is 25.0 Å². The molecular formula is C22H30N2O3.